The average Bonchev–Trinajstić information content (AvgIpc) is 3.03. The Morgan fingerprint density at radius 3 is 1.12 bits per heavy atom. The fraction of sp³-hybridized carbons (Fsp3) is 0.0263. The van der Waals surface area contributed by atoms with Gasteiger partial charge >= 0.3 is 0 Å². The molecule has 0 saturated carbocycles. The number of hydrogen-bond acceptors (Lipinski definition) is 3. The third-order valence-electron chi connectivity index (χ3n) is 7.09. The summed E-state index contributed by atoms with van der Waals surface area (Å²) in [5.74, 6) is 0.0403. The lowest BCUT2D eigenvalue weighted by Gasteiger charge is -2.30. The van der Waals surface area contributed by atoms with Gasteiger partial charge in [-0.3, -0.25) is 4.79 Å². The van der Waals surface area contributed by atoms with E-state index in [2.05, 4.69) is 125 Å². The number of benzene rings is 6. The maximum atomic E-state index is 12.7. The molecule has 3 nitrogen and oxygen atoms in total. The van der Waals surface area contributed by atoms with Crippen LogP contribution in [0.25, 0.3) is 11.1 Å². The molecule has 0 N–H and O–H groups in total. The van der Waals surface area contributed by atoms with Crippen molar-refractivity contribution >= 4 is 39.9 Å². The second-order valence-corrected chi connectivity index (χ2v) is 9.85. The Morgan fingerprint density at radius 2 is 0.756 bits per heavy atom. The zero-order valence-electron chi connectivity index (χ0n) is 22.9. The topological polar surface area (TPSA) is 23.6 Å². The lowest BCUT2D eigenvalue weighted by molar-refractivity contribution is 0.101. The van der Waals surface area contributed by atoms with Crippen LogP contribution in [0.2, 0.25) is 0 Å². The fourth-order valence-electron chi connectivity index (χ4n) is 5.25. The van der Waals surface area contributed by atoms with Crippen LogP contribution in [0.1, 0.15) is 17.3 Å². The molecule has 0 aliphatic carbocycles. The van der Waals surface area contributed by atoms with Crippen LogP contribution in [0.4, 0.5) is 34.1 Å². The summed E-state index contributed by atoms with van der Waals surface area (Å²) in [7, 11) is 0. The number of anilines is 6. The molecule has 0 amide bonds. The Labute approximate surface area is 241 Å². The zero-order chi connectivity index (χ0) is 28.0. The number of rotatable bonds is 8. The Morgan fingerprint density at radius 1 is 0.415 bits per heavy atom. The highest BCUT2D eigenvalue weighted by molar-refractivity contribution is 6.01. The van der Waals surface area contributed by atoms with Crippen LogP contribution in [0, 0.1) is 0 Å². The van der Waals surface area contributed by atoms with Crippen LogP contribution in [-0.2, 0) is 0 Å². The molecule has 0 aliphatic heterocycles. The quantitative estimate of drug-likeness (QED) is 0.183. The van der Waals surface area contributed by atoms with Gasteiger partial charge in [-0.1, -0.05) is 97.1 Å². The Kier molecular flexibility index (Phi) is 7.42. The monoisotopic (exact) mass is 530 g/mol. The van der Waals surface area contributed by atoms with Crippen molar-refractivity contribution in [1.29, 1.82) is 0 Å². The fourth-order valence-corrected chi connectivity index (χ4v) is 5.25. The molecule has 0 atom stereocenters. The van der Waals surface area contributed by atoms with E-state index in [0.29, 0.717) is 5.56 Å². The highest BCUT2D eigenvalue weighted by Gasteiger charge is 2.20. The molecule has 6 rings (SSSR count). The Hall–Kier alpha value is -5.41. The molecule has 0 radical (unpaired) electrons. The minimum absolute atomic E-state index is 0.0403. The van der Waals surface area contributed by atoms with E-state index in [1.54, 1.807) is 6.92 Å². The predicted octanol–water partition coefficient (Wildman–Crippen LogP) is 10.5. The smallest absolute Gasteiger partial charge is 0.160 e. The van der Waals surface area contributed by atoms with Gasteiger partial charge in [0.05, 0.1) is 0 Å². The molecule has 0 heterocycles. The van der Waals surface area contributed by atoms with Gasteiger partial charge in [0.15, 0.2) is 5.78 Å². The second-order valence-electron chi connectivity index (χ2n) is 9.85. The molecule has 6 aromatic carbocycles. The summed E-state index contributed by atoms with van der Waals surface area (Å²) < 4.78 is 0. The second kappa shape index (κ2) is 11.8. The van der Waals surface area contributed by atoms with Crippen molar-refractivity contribution in [2.45, 2.75) is 6.92 Å². The number of Topliss-reactive ketones (excluding diaryl/α,β-unsaturated/α-hetero) is 1. The molecule has 0 aromatic heterocycles. The van der Waals surface area contributed by atoms with Crippen molar-refractivity contribution in [3.63, 3.8) is 0 Å². The number of carbonyl (C=O) groups is 1. The first-order chi connectivity index (χ1) is 20.2. The van der Waals surface area contributed by atoms with E-state index >= 15 is 0 Å². The van der Waals surface area contributed by atoms with Gasteiger partial charge in [0, 0.05) is 39.7 Å². The van der Waals surface area contributed by atoms with Gasteiger partial charge < -0.3 is 9.80 Å². The van der Waals surface area contributed by atoms with Crippen molar-refractivity contribution in [3.05, 3.63) is 169 Å². The summed E-state index contributed by atoms with van der Waals surface area (Å²) in [6.45, 7) is 1.63. The maximum absolute atomic E-state index is 12.7. The van der Waals surface area contributed by atoms with E-state index in [-0.39, 0.29) is 5.78 Å². The van der Waals surface area contributed by atoms with Gasteiger partial charge in [0.1, 0.15) is 0 Å². The van der Waals surface area contributed by atoms with Crippen molar-refractivity contribution < 1.29 is 4.79 Å². The van der Waals surface area contributed by atoms with Crippen molar-refractivity contribution in [3.8, 4) is 11.1 Å². The normalized spacial score (nSPS) is 10.7. The number of para-hydroxylation sites is 4. The molecule has 0 fully saturated rings. The lowest BCUT2D eigenvalue weighted by atomic mass is 9.96. The summed E-state index contributed by atoms with van der Waals surface area (Å²) >= 11 is 0. The van der Waals surface area contributed by atoms with Crippen LogP contribution in [0.15, 0.2) is 164 Å². The number of nitrogens with zero attached hydrogens (tertiary/aromatic N) is 2. The Balaban J connectivity index is 1.65. The summed E-state index contributed by atoms with van der Waals surface area (Å²) in [5, 5.41) is 0. The maximum Gasteiger partial charge on any atom is 0.160 e. The summed E-state index contributed by atoms with van der Waals surface area (Å²) in [4.78, 5) is 17.3. The highest BCUT2D eigenvalue weighted by Crippen LogP contribution is 2.43. The molecule has 6 aromatic rings. The molecule has 0 bridgehead atoms. The third kappa shape index (κ3) is 5.52. The third-order valence-corrected chi connectivity index (χ3v) is 7.09. The first-order valence-electron chi connectivity index (χ1n) is 13.7. The molecule has 41 heavy (non-hydrogen) atoms. The number of ketones is 1. The van der Waals surface area contributed by atoms with E-state index in [9.17, 15) is 4.79 Å². The first kappa shape index (κ1) is 25.8. The van der Waals surface area contributed by atoms with Crippen LogP contribution in [0.5, 0.6) is 0 Å². The summed E-state index contributed by atoms with van der Waals surface area (Å²) in [5.41, 5.74) is 8.76. The van der Waals surface area contributed by atoms with Gasteiger partial charge in [-0.25, -0.2) is 0 Å². The van der Waals surface area contributed by atoms with Gasteiger partial charge in [0.25, 0.3) is 0 Å². The van der Waals surface area contributed by atoms with Gasteiger partial charge in [-0.15, -0.1) is 0 Å². The molecule has 3 heteroatoms. The van der Waals surface area contributed by atoms with Crippen LogP contribution in [-0.4, -0.2) is 5.78 Å². The average molecular weight is 531 g/mol. The van der Waals surface area contributed by atoms with Crippen molar-refractivity contribution in [1.82, 2.24) is 0 Å². The number of carbonyl (C=O) groups excluding carboxylic acids is 1. The first-order valence-corrected chi connectivity index (χ1v) is 13.7. The molecule has 198 valence electrons. The standard InChI is InChI=1S/C38H30N2O/c1-29(41)37-24-14-15-25-38(37)30-26-35(39(31-16-6-2-7-17-31)32-18-8-3-9-19-32)28-36(27-30)40(33-20-10-4-11-21-33)34-22-12-5-13-23-34/h2-28H,1H3. The highest BCUT2D eigenvalue weighted by atomic mass is 16.1. The van der Waals surface area contributed by atoms with Crippen LogP contribution < -0.4 is 9.80 Å². The molecular formula is C38H30N2O. The van der Waals surface area contributed by atoms with Crippen LogP contribution in [0.3, 0.4) is 0 Å². The number of hydrogen-bond donors (Lipinski definition) is 0. The van der Waals surface area contributed by atoms with Gasteiger partial charge in [-0.2, -0.15) is 0 Å². The molecule has 0 unspecified atom stereocenters. The van der Waals surface area contributed by atoms with E-state index < -0.39 is 0 Å². The summed E-state index contributed by atoms with van der Waals surface area (Å²) in [6, 6.07) is 56.0. The molecule has 0 spiro atoms. The van der Waals surface area contributed by atoms with Gasteiger partial charge in [0.2, 0.25) is 0 Å². The molecule has 0 aliphatic rings. The Bertz CT molecular complexity index is 1570. The SMILES string of the molecule is CC(=O)c1ccccc1-c1cc(N(c2ccccc2)c2ccccc2)cc(N(c2ccccc2)c2ccccc2)c1. The predicted molar refractivity (Wildman–Crippen MR) is 171 cm³/mol. The van der Waals surface area contributed by atoms with E-state index in [1.807, 2.05) is 48.5 Å². The zero-order valence-corrected chi connectivity index (χ0v) is 22.9. The van der Waals surface area contributed by atoms with Crippen molar-refractivity contribution in [2.24, 2.45) is 0 Å². The van der Waals surface area contributed by atoms with Gasteiger partial charge in [-0.05, 0) is 84.8 Å². The van der Waals surface area contributed by atoms with E-state index in [1.165, 1.54) is 0 Å². The molecule has 0 saturated heterocycles. The minimum atomic E-state index is 0.0403. The summed E-state index contributed by atoms with van der Waals surface area (Å²) in [6.07, 6.45) is 0. The van der Waals surface area contributed by atoms with E-state index in [0.717, 1.165) is 45.3 Å². The largest absolute Gasteiger partial charge is 0.310 e. The lowest BCUT2D eigenvalue weighted by Crippen LogP contribution is -2.13. The van der Waals surface area contributed by atoms with Crippen LogP contribution >= 0.6 is 0 Å². The van der Waals surface area contributed by atoms with E-state index in [4.69, 9.17) is 0 Å². The van der Waals surface area contributed by atoms with Crippen molar-refractivity contribution in [2.75, 3.05) is 9.80 Å². The molecular weight excluding hydrogens is 500 g/mol. The minimum Gasteiger partial charge on any atom is -0.310 e.